The highest BCUT2D eigenvalue weighted by Crippen LogP contribution is 2.65. The first-order chi connectivity index (χ1) is 32.9. The van der Waals surface area contributed by atoms with Crippen LogP contribution < -0.4 is 0 Å². The highest BCUT2D eigenvalue weighted by Gasteiger charge is 2.37. The molecule has 5 aromatic rings. The van der Waals surface area contributed by atoms with Crippen molar-refractivity contribution in [2.45, 2.75) is 58.1 Å². The fourth-order valence-corrected chi connectivity index (χ4v) is 24.0. The second-order valence-electron chi connectivity index (χ2n) is 16.7. The number of fused-ring (bicyclic) bond motifs is 6. The Morgan fingerprint density at radius 2 is 0.662 bits per heavy atom. The van der Waals surface area contributed by atoms with E-state index in [2.05, 4.69) is 126 Å². The van der Waals surface area contributed by atoms with Crippen LogP contribution in [-0.4, -0.2) is 56.4 Å². The van der Waals surface area contributed by atoms with Crippen molar-refractivity contribution in [3.05, 3.63) is 154 Å². The van der Waals surface area contributed by atoms with Gasteiger partial charge in [-0.25, -0.2) is 0 Å². The zero-order valence-corrected chi connectivity index (χ0v) is 47.6. The number of rotatable bonds is 6. The van der Waals surface area contributed by atoms with Crippen LogP contribution in [0.3, 0.4) is 0 Å². The molecule has 0 radical (unpaired) electrons. The van der Waals surface area contributed by atoms with Crippen LogP contribution in [0.2, 0.25) is 0 Å². The number of thioether (sulfide) groups is 12. The molecule has 0 atom stereocenters. The van der Waals surface area contributed by atoms with Crippen molar-refractivity contribution in [2.75, 3.05) is 25.0 Å². The first-order valence-electron chi connectivity index (χ1n) is 21.2. The van der Waals surface area contributed by atoms with Gasteiger partial charge in [0, 0.05) is 66.3 Å². The van der Waals surface area contributed by atoms with E-state index in [1.165, 1.54) is 64.6 Å². The molecule has 4 aromatic carbocycles. The van der Waals surface area contributed by atoms with Gasteiger partial charge in [0.25, 0.3) is 0 Å². The lowest BCUT2D eigenvalue weighted by Gasteiger charge is -2.21. The number of hydrogen-bond acceptors (Lipinski definition) is 18. The fraction of sp³-hybridized carbons (Fsp3) is 0.200. The number of hydrogen-bond donors (Lipinski definition) is 0. The standard InChI is InChI=1S/C50H40N6S12/c1-49(2)27-13-9-11-15-29(27)55-39(49)25-21-51-31-17-35-37(63-45(61-35)47-65-41(57-5)42(58-6)66-47)19-33(31)53-23-26(40-50(3,4)28-14-10-12-16-30(28)56-40)24-54-34-20-38-36(18-32(34)52-22-25)62-46(64-38)48-67-43(59-7)44(60-8)68-48/h9-24H,1-8H3. The van der Waals surface area contributed by atoms with E-state index in [1.54, 1.807) is 0 Å². The molecule has 18 heteroatoms. The first-order valence-corrected chi connectivity index (χ1v) is 32.6. The van der Waals surface area contributed by atoms with Gasteiger partial charge in [-0.3, -0.25) is 29.9 Å². The summed E-state index contributed by atoms with van der Waals surface area (Å²) in [7, 11) is 0. The average Bonchev–Trinajstić information content (AvgIpc) is 4.21. The highest BCUT2D eigenvalue weighted by molar-refractivity contribution is 8.42. The van der Waals surface area contributed by atoms with Gasteiger partial charge >= 0.3 is 0 Å². The molecule has 6 nitrogen and oxygen atoms in total. The number of para-hydroxylation sites is 2. The summed E-state index contributed by atoms with van der Waals surface area (Å²) in [5, 5.41) is 0. The van der Waals surface area contributed by atoms with Crippen LogP contribution in [0.15, 0.2) is 161 Å². The maximum absolute atomic E-state index is 5.35. The van der Waals surface area contributed by atoms with E-state index in [1.807, 2.05) is 166 Å². The molecule has 0 saturated carbocycles. The zero-order valence-electron chi connectivity index (χ0n) is 37.8. The lowest BCUT2D eigenvalue weighted by molar-refractivity contribution is 0.737. The summed E-state index contributed by atoms with van der Waals surface area (Å²) in [5.74, 6) is 0. The van der Waals surface area contributed by atoms with E-state index >= 15 is 0 Å². The molecular weight excluding hydrogens is 1070 g/mol. The van der Waals surface area contributed by atoms with E-state index in [4.69, 9.17) is 29.9 Å². The van der Waals surface area contributed by atoms with Crippen LogP contribution in [-0.2, 0) is 10.8 Å². The van der Waals surface area contributed by atoms with E-state index in [-0.39, 0.29) is 0 Å². The SMILES string of the molecule is CSC1=C(SC)SC(=C2Sc3cc4ncc(C5=Nc6ccccc6C5(C)C)cnc5cc6c(cc5ncc(C5=Nc7ccccc7C5(C)C)cnc4cc3S2)SC(=C2SC(SC)=C(SC)S2)S6)S1. The molecule has 7 heterocycles. The Labute approximate surface area is 448 Å². The fourth-order valence-electron chi connectivity index (χ4n) is 8.32. The number of nitrogens with zero attached hydrogens (tertiary/aromatic N) is 6. The summed E-state index contributed by atoms with van der Waals surface area (Å²) in [5.41, 5.74) is 10.1. The minimum atomic E-state index is -0.392. The highest BCUT2D eigenvalue weighted by atomic mass is 32.3. The van der Waals surface area contributed by atoms with Crippen molar-refractivity contribution in [1.29, 1.82) is 0 Å². The van der Waals surface area contributed by atoms with Gasteiger partial charge in [-0.1, -0.05) is 158 Å². The predicted molar refractivity (Wildman–Crippen MR) is 315 cm³/mol. The van der Waals surface area contributed by atoms with Crippen LogP contribution in [0, 0.1) is 0 Å². The molecule has 342 valence electrons. The maximum Gasteiger partial charge on any atom is 0.0898 e. The third-order valence-corrected chi connectivity index (χ3v) is 28.3. The Morgan fingerprint density at radius 1 is 0.382 bits per heavy atom. The molecule has 0 bridgehead atoms. The second-order valence-corrected chi connectivity index (χ2v) is 30.3. The molecule has 0 N–H and O–H groups in total. The Balaban J connectivity index is 1.13. The largest absolute Gasteiger partial charge is 0.254 e. The zero-order chi connectivity index (χ0) is 46.9. The second kappa shape index (κ2) is 19.7. The maximum atomic E-state index is 5.35. The molecule has 0 amide bonds. The molecular formula is C50H40N6S12. The van der Waals surface area contributed by atoms with Gasteiger partial charge in [0.2, 0.25) is 0 Å². The average molecular weight is 1110 g/mol. The Hall–Kier alpha value is -2.20. The third kappa shape index (κ3) is 8.94. The van der Waals surface area contributed by atoms with Gasteiger partial charge in [0.15, 0.2) is 0 Å². The molecule has 0 fully saturated rings. The lowest BCUT2D eigenvalue weighted by Crippen LogP contribution is -2.26. The van der Waals surface area contributed by atoms with Crippen LogP contribution in [0.4, 0.5) is 11.4 Å². The summed E-state index contributed by atoms with van der Waals surface area (Å²) in [6.45, 7) is 8.95. The molecule has 0 spiro atoms. The number of benzene rings is 4. The Kier molecular flexibility index (Phi) is 13.9. The van der Waals surface area contributed by atoms with E-state index in [9.17, 15) is 0 Å². The topological polar surface area (TPSA) is 76.3 Å². The van der Waals surface area contributed by atoms with Crippen LogP contribution >= 0.6 is 141 Å². The summed E-state index contributed by atoms with van der Waals surface area (Å²) in [6.07, 6.45) is 16.4. The van der Waals surface area contributed by atoms with E-state index in [0.717, 1.165) is 56.0 Å². The molecule has 68 heavy (non-hydrogen) atoms. The van der Waals surface area contributed by atoms with Crippen molar-refractivity contribution in [2.24, 2.45) is 9.98 Å². The molecule has 0 saturated heterocycles. The van der Waals surface area contributed by atoms with Crippen molar-refractivity contribution in [3.8, 4) is 0 Å². The van der Waals surface area contributed by atoms with Crippen molar-refractivity contribution < 1.29 is 0 Å². The molecule has 0 unspecified atom stereocenters. The molecule has 1 aromatic heterocycles. The summed E-state index contributed by atoms with van der Waals surface area (Å²) in [4.78, 5) is 36.6. The lowest BCUT2D eigenvalue weighted by atomic mass is 9.79. The molecule has 0 aliphatic carbocycles. The molecule has 6 aliphatic rings. The number of aromatic nitrogens is 4. The molecule has 11 rings (SSSR count). The van der Waals surface area contributed by atoms with E-state index < -0.39 is 10.8 Å². The normalized spacial score (nSPS) is 18.5. The quantitative estimate of drug-likeness (QED) is 0.162. The minimum Gasteiger partial charge on any atom is -0.254 e. The van der Waals surface area contributed by atoms with Gasteiger partial charge in [-0.05, 0) is 72.5 Å². The third-order valence-electron chi connectivity index (χ3n) is 11.8. The van der Waals surface area contributed by atoms with Crippen LogP contribution in [0.1, 0.15) is 49.9 Å². The van der Waals surface area contributed by atoms with Crippen molar-refractivity contribution >= 4 is 186 Å². The van der Waals surface area contributed by atoms with Crippen molar-refractivity contribution in [1.82, 2.24) is 19.9 Å². The van der Waals surface area contributed by atoms with Gasteiger partial charge in [0.05, 0.1) is 78.8 Å². The van der Waals surface area contributed by atoms with Gasteiger partial charge in [0.1, 0.15) is 0 Å². The minimum absolute atomic E-state index is 0.392. The first kappa shape index (κ1) is 48.1. The van der Waals surface area contributed by atoms with Gasteiger partial charge in [-0.2, -0.15) is 0 Å². The molecule has 6 aliphatic heterocycles. The van der Waals surface area contributed by atoms with Crippen LogP contribution in [0.25, 0.3) is 22.1 Å². The van der Waals surface area contributed by atoms with Crippen molar-refractivity contribution in [3.63, 3.8) is 0 Å². The smallest absolute Gasteiger partial charge is 0.0898 e. The Morgan fingerprint density at radius 3 is 0.941 bits per heavy atom. The summed E-state index contributed by atoms with van der Waals surface area (Å²) in [6, 6.07) is 25.6. The summed E-state index contributed by atoms with van der Waals surface area (Å²) < 4.78 is 10.7. The predicted octanol–water partition coefficient (Wildman–Crippen LogP) is 18.0. The van der Waals surface area contributed by atoms with Gasteiger partial charge in [-0.15, -0.1) is 47.0 Å². The monoisotopic (exact) mass is 1110 g/mol. The number of aliphatic imine (C=N–C) groups is 2. The van der Waals surface area contributed by atoms with E-state index in [0.29, 0.717) is 0 Å². The Bertz CT molecular complexity index is 3010. The summed E-state index contributed by atoms with van der Waals surface area (Å²) >= 11 is 22.1. The van der Waals surface area contributed by atoms with Gasteiger partial charge < -0.3 is 0 Å². The van der Waals surface area contributed by atoms with Crippen LogP contribution in [0.5, 0.6) is 0 Å².